The summed E-state index contributed by atoms with van der Waals surface area (Å²) in [6.07, 6.45) is 2.39. The molecular weight excluding hydrogens is 228 g/mol. The number of hydrogen-bond donors (Lipinski definition) is 3. The lowest BCUT2D eigenvalue weighted by molar-refractivity contribution is 0.0903. The highest BCUT2D eigenvalue weighted by molar-refractivity contribution is 5.95. The number of hydrazine groups is 1. The molecule has 0 spiro atoms. The van der Waals surface area contributed by atoms with Crippen LogP contribution in [0.1, 0.15) is 42.7 Å². The molecule has 1 aromatic rings. The predicted molar refractivity (Wildman–Crippen MR) is 71.1 cm³/mol. The Morgan fingerprint density at radius 1 is 1.44 bits per heavy atom. The number of aromatic nitrogens is 1. The van der Waals surface area contributed by atoms with Gasteiger partial charge in [0.1, 0.15) is 5.82 Å². The van der Waals surface area contributed by atoms with Crippen molar-refractivity contribution in [1.29, 1.82) is 0 Å². The van der Waals surface area contributed by atoms with Crippen LogP contribution in [0.15, 0.2) is 12.1 Å². The van der Waals surface area contributed by atoms with E-state index in [0.717, 1.165) is 5.69 Å². The molecule has 98 valence electrons. The lowest BCUT2D eigenvalue weighted by Crippen LogP contribution is -2.45. The Labute approximate surface area is 107 Å². The SMILES string of the molecule is Cc1cc(C(=O)NC(C)(C)C2CC2)cc(NN)n1. The van der Waals surface area contributed by atoms with Crippen molar-refractivity contribution < 1.29 is 4.79 Å². The number of nitrogens with two attached hydrogens (primary N) is 1. The molecule has 0 saturated heterocycles. The average molecular weight is 248 g/mol. The van der Waals surface area contributed by atoms with E-state index >= 15 is 0 Å². The van der Waals surface area contributed by atoms with E-state index in [0.29, 0.717) is 17.3 Å². The van der Waals surface area contributed by atoms with Crippen molar-refractivity contribution in [3.8, 4) is 0 Å². The third-order valence-corrected chi connectivity index (χ3v) is 3.40. The van der Waals surface area contributed by atoms with Gasteiger partial charge in [-0.1, -0.05) is 0 Å². The third-order valence-electron chi connectivity index (χ3n) is 3.40. The van der Waals surface area contributed by atoms with Crippen LogP contribution in [-0.4, -0.2) is 16.4 Å². The van der Waals surface area contributed by atoms with Crippen LogP contribution in [0.2, 0.25) is 0 Å². The molecule has 1 aromatic heterocycles. The Kier molecular flexibility index (Phi) is 3.26. The van der Waals surface area contributed by atoms with Gasteiger partial charge in [0.05, 0.1) is 0 Å². The highest BCUT2D eigenvalue weighted by Gasteiger charge is 2.38. The van der Waals surface area contributed by atoms with Crippen molar-refractivity contribution >= 4 is 11.7 Å². The number of hydrogen-bond acceptors (Lipinski definition) is 4. The first kappa shape index (κ1) is 12.8. The number of rotatable bonds is 4. The minimum atomic E-state index is -0.148. The quantitative estimate of drug-likeness (QED) is 0.558. The van der Waals surface area contributed by atoms with Gasteiger partial charge in [0.25, 0.3) is 5.91 Å². The maximum atomic E-state index is 12.2. The first-order chi connectivity index (χ1) is 8.42. The van der Waals surface area contributed by atoms with Crippen LogP contribution in [0.4, 0.5) is 5.82 Å². The first-order valence-corrected chi connectivity index (χ1v) is 6.20. The Bertz CT molecular complexity index is 466. The van der Waals surface area contributed by atoms with Crippen molar-refractivity contribution in [2.45, 2.75) is 39.2 Å². The maximum absolute atomic E-state index is 12.2. The van der Waals surface area contributed by atoms with Crippen LogP contribution in [0.3, 0.4) is 0 Å². The van der Waals surface area contributed by atoms with Crippen molar-refractivity contribution in [3.05, 3.63) is 23.4 Å². The Morgan fingerprint density at radius 2 is 2.11 bits per heavy atom. The fourth-order valence-electron chi connectivity index (χ4n) is 2.15. The smallest absolute Gasteiger partial charge is 0.251 e. The summed E-state index contributed by atoms with van der Waals surface area (Å²) in [5, 5.41) is 3.08. The number of carbonyl (C=O) groups excluding carboxylic acids is 1. The van der Waals surface area contributed by atoms with E-state index in [4.69, 9.17) is 5.84 Å². The second-order valence-electron chi connectivity index (χ2n) is 5.48. The number of anilines is 1. The molecule has 2 rings (SSSR count). The number of carbonyl (C=O) groups is 1. The minimum Gasteiger partial charge on any atom is -0.347 e. The molecule has 5 heteroatoms. The fourth-order valence-corrected chi connectivity index (χ4v) is 2.15. The minimum absolute atomic E-state index is 0.0751. The number of pyridine rings is 1. The second kappa shape index (κ2) is 4.57. The van der Waals surface area contributed by atoms with E-state index < -0.39 is 0 Å². The zero-order valence-electron chi connectivity index (χ0n) is 11.1. The number of aryl methyl sites for hydroxylation is 1. The Morgan fingerprint density at radius 3 is 2.67 bits per heavy atom. The zero-order chi connectivity index (χ0) is 13.3. The largest absolute Gasteiger partial charge is 0.347 e. The van der Waals surface area contributed by atoms with Gasteiger partial charge < -0.3 is 10.7 Å². The van der Waals surface area contributed by atoms with E-state index in [9.17, 15) is 4.79 Å². The van der Waals surface area contributed by atoms with Crippen molar-refractivity contribution in [1.82, 2.24) is 10.3 Å². The fraction of sp³-hybridized carbons (Fsp3) is 0.538. The molecule has 0 aromatic carbocycles. The molecule has 0 radical (unpaired) electrons. The summed E-state index contributed by atoms with van der Waals surface area (Å²) < 4.78 is 0. The highest BCUT2D eigenvalue weighted by Crippen LogP contribution is 2.39. The molecule has 0 unspecified atom stereocenters. The van der Waals surface area contributed by atoms with Gasteiger partial charge in [-0.05, 0) is 51.7 Å². The Balaban J connectivity index is 2.15. The van der Waals surface area contributed by atoms with Gasteiger partial charge in [-0.2, -0.15) is 0 Å². The van der Waals surface area contributed by atoms with Crippen LogP contribution in [0.25, 0.3) is 0 Å². The van der Waals surface area contributed by atoms with E-state index in [1.807, 2.05) is 6.92 Å². The molecule has 1 aliphatic rings. The van der Waals surface area contributed by atoms with Crippen LogP contribution >= 0.6 is 0 Å². The third kappa shape index (κ3) is 2.79. The molecule has 1 saturated carbocycles. The Hall–Kier alpha value is -1.62. The summed E-state index contributed by atoms with van der Waals surface area (Å²) >= 11 is 0. The van der Waals surface area contributed by atoms with Gasteiger partial charge in [0, 0.05) is 16.8 Å². The summed E-state index contributed by atoms with van der Waals surface area (Å²) in [6.45, 7) is 5.97. The molecule has 1 fully saturated rings. The number of amides is 1. The molecule has 1 heterocycles. The molecule has 1 aliphatic carbocycles. The molecular formula is C13H20N4O. The first-order valence-electron chi connectivity index (χ1n) is 6.20. The van der Waals surface area contributed by atoms with Crippen molar-refractivity contribution in [2.75, 3.05) is 5.43 Å². The standard InChI is InChI=1S/C13H20N4O/c1-8-6-9(7-11(15-8)17-14)12(18)16-13(2,3)10-4-5-10/h6-7,10H,4-5,14H2,1-3H3,(H,15,17)(H,16,18). The summed E-state index contributed by atoms with van der Waals surface area (Å²) in [6, 6.07) is 3.42. The molecule has 0 atom stereocenters. The van der Waals surface area contributed by atoms with Gasteiger partial charge in [-0.3, -0.25) is 4.79 Å². The molecule has 4 N–H and O–H groups in total. The monoisotopic (exact) mass is 248 g/mol. The van der Waals surface area contributed by atoms with E-state index in [2.05, 4.69) is 29.6 Å². The summed E-state index contributed by atoms with van der Waals surface area (Å²) in [5.74, 6) is 6.35. The second-order valence-corrected chi connectivity index (χ2v) is 5.48. The van der Waals surface area contributed by atoms with Gasteiger partial charge in [-0.25, -0.2) is 10.8 Å². The van der Waals surface area contributed by atoms with Crippen LogP contribution in [0.5, 0.6) is 0 Å². The van der Waals surface area contributed by atoms with Crippen LogP contribution < -0.4 is 16.6 Å². The normalized spacial score (nSPS) is 15.3. The van der Waals surface area contributed by atoms with Gasteiger partial charge in [0.15, 0.2) is 0 Å². The topological polar surface area (TPSA) is 80.0 Å². The van der Waals surface area contributed by atoms with Gasteiger partial charge in [-0.15, -0.1) is 0 Å². The van der Waals surface area contributed by atoms with E-state index in [1.54, 1.807) is 12.1 Å². The van der Waals surface area contributed by atoms with E-state index in [-0.39, 0.29) is 11.4 Å². The predicted octanol–water partition coefficient (Wildman–Crippen LogP) is 1.59. The van der Waals surface area contributed by atoms with Gasteiger partial charge in [0.2, 0.25) is 0 Å². The van der Waals surface area contributed by atoms with Crippen molar-refractivity contribution in [3.63, 3.8) is 0 Å². The molecule has 1 amide bonds. The molecule has 0 aliphatic heterocycles. The summed E-state index contributed by atoms with van der Waals surface area (Å²) in [5.41, 5.74) is 3.67. The average Bonchev–Trinajstić information content (AvgIpc) is 3.11. The highest BCUT2D eigenvalue weighted by atomic mass is 16.1. The number of nitrogen functional groups attached to an aromatic ring is 1. The lowest BCUT2D eigenvalue weighted by atomic mass is 9.98. The van der Waals surface area contributed by atoms with E-state index in [1.165, 1.54) is 12.8 Å². The summed E-state index contributed by atoms with van der Waals surface area (Å²) in [7, 11) is 0. The van der Waals surface area contributed by atoms with Gasteiger partial charge >= 0.3 is 0 Å². The summed E-state index contributed by atoms with van der Waals surface area (Å²) in [4.78, 5) is 16.4. The molecule has 18 heavy (non-hydrogen) atoms. The molecule has 5 nitrogen and oxygen atoms in total. The molecule has 0 bridgehead atoms. The lowest BCUT2D eigenvalue weighted by Gasteiger charge is -2.26. The number of nitrogens with one attached hydrogen (secondary N) is 2. The maximum Gasteiger partial charge on any atom is 0.251 e. The van der Waals surface area contributed by atoms with Crippen LogP contribution in [0, 0.1) is 12.8 Å². The van der Waals surface area contributed by atoms with Crippen LogP contribution in [-0.2, 0) is 0 Å². The zero-order valence-corrected chi connectivity index (χ0v) is 11.1. The van der Waals surface area contributed by atoms with Crippen molar-refractivity contribution in [2.24, 2.45) is 11.8 Å². The number of nitrogens with zero attached hydrogens (tertiary/aromatic N) is 1.